The van der Waals surface area contributed by atoms with Gasteiger partial charge < -0.3 is 10.8 Å². The number of nitrogens with two attached hydrogens (primary N) is 1. The molecular formula is C14H16Cl2N2O2. The number of hydrogen-bond donors (Lipinski definition) is 2. The molecule has 2 aromatic rings. The van der Waals surface area contributed by atoms with Crippen LogP contribution in [0.3, 0.4) is 0 Å². The lowest BCUT2D eigenvalue weighted by Gasteiger charge is -2.10. The fraction of sp³-hybridized carbons (Fsp3) is 0.143. The van der Waals surface area contributed by atoms with E-state index in [2.05, 4.69) is 4.98 Å². The molecule has 0 spiro atoms. The molecule has 0 aliphatic carbocycles. The van der Waals surface area contributed by atoms with Gasteiger partial charge in [-0.25, -0.2) is 0 Å². The Morgan fingerprint density at radius 2 is 1.80 bits per heavy atom. The summed E-state index contributed by atoms with van der Waals surface area (Å²) < 4.78 is 0. The molecular weight excluding hydrogens is 299 g/mol. The average molecular weight is 315 g/mol. The summed E-state index contributed by atoms with van der Waals surface area (Å²) in [5.74, 6) is -0.910. The molecule has 108 valence electrons. The minimum absolute atomic E-state index is 0. The quantitative estimate of drug-likeness (QED) is 0.909. The molecule has 1 heterocycles. The molecule has 0 bridgehead atoms. The average Bonchev–Trinajstić information content (AvgIpc) is 2.39. The zero-order valence-electron chi connectivity index (χ0n) is 10.6. The number of carboxylic acids is 1. The fourth-order valence-electron chi connectivity index (χ4n) is 1.75. The number of carboxylic acid groups (broad SMARTS) is 1. The zero-order chi connectivity index (χ0) is 13.0. The smallest absolute Gasteiger partial charge is 0.305 e. The van der Waals surface area contributed by atoms with Gasteiger partial charge in [0.05, 0.1) is 6.42 Å². The van der Waals surface area contributed by atoms with E-state index in [-0.39, 0.29) is 31.2 Å². The molecule has 6 heteroatoms. The predicted octanol–water partition coefficient (Wildman–Crippen LogP) is 3.07. The molecule has 0 aliphatic rings. The second-order valence-electron chi connectivity index (χ2n) is 4.08. The molecule has 0 unspecified atom stereocenters. The molecule has 4 nitrogen and oxygen atoms in total. The van der Waals surface area contributed by atoms with Crippen LogP contribution >= 0.6 is 24.8 Å². The molecule has 0 amide bonds. The Labute approximate surface area is 129 Å². The van der Waals surface area contributed by atoms with E-state index in [1.807, 2.05) is 36.4 Å². The van der Waals surface area contributed by atoms with Crippen molar-refractivity contribution in [3.05, 3.63) is 54.4 Å². The van der Waals surface area contributed by atoms with Crippen molar-refractivity contribution >= 4 is 30.8 Å². The maximum atomic E-state index is 10.6. The number of nitrogens with zero attached hydrogens (tertiary/aromatic N) is 1. The molecule has 3 N–H and O–H groups in total. The van der Waals surface area contributed by atoms with Crippen LogP contribution < -0.4 is 5.73 Å². The van der Waals surface area contributed by atoms with Gasteiger partial charge in [0.1, 0.15) is 0 Å². The van der Waals surface area contributed by atoms with Gasteiger partial charge >= 0.3 is 5.97 Å². The number of halogens is 2. The predicted molar refractivity (Wildman–Crippen MR) is 83.4 cm³/mol. The second-order valence-corrected chi connectivity index (χ2v) is 4.08. The molecule has 0 fully saturated rings. The van der Waals surface area contributed by atoms with Gasteiger partial charge in [0.2, 0.25) is 0 Å². The van der Waals surface area contributed by atoms with Crippen molar-refractivity contribution in [2.75, 3.05) is 0 Å². The van der Waals surface area contributed by atoms with E-state index < -0.39 is 12.0 Å². The highest BCUT2D eigenvalue weighted by Gasteiger charge is 2.11. The van der Waals surface area contributed by atoms with E-state index in [0.29, 0.717) is 0 Å². The third kappa shape index (κ3) is 4.81. The van der Waals surface area contributed by atoms with Gasteiger partial charge in [-0.1, -0.05) is 30.3 Å². The highest BCUT2D eigenvalue weighted by atomic mass is 35.5. The first-order valence-corrected chi connectivity index (χ1v) is 5.64. The molecule has 2 rings (SSSR count). The summed E-state index contributed by atoms with van der Waals surface area (Å²) in [5, 5.41) is 8.73. The first-order valence-electron chi connectivity index (χ1n) is 5.64. The van der Waals surface area contributed by atoms with Crippen LogP contribution in [0.1, 0.15) is 18.0 Å². The maximum absolute atomic E-state index is 10.6. The van der Waals surface area contributed by atoms with Crippen LogP contribution in [0.15, 0.2) is 48.8 Å². The first-order chi connectivity index (χ1) is 8.66. The van der Waals surface area contributed by atoms with Crippen LogP contribution in [0.2, 0.25) is 0 Å². The van der Waals surface area contributed by atoms with Gasteiger partial charge in [-0.2, -0.15) is 0 Å². The Morgan fingerprint density at radius 3 is 2.40 bits per heavy atom. The molecule has 0 saturated carbocycles. The SMILES string of the molecule is Cl.Cl.N[C@@H](CC(=O)O)c1cncc(-c2ccccc2)c1. The molecule has 0 radical (unpaired) electrons. The van der Waals surface area contributed by atoms with Crippen molar-refractivity contribution in [3.8, 4) is 11.1 Å². The summed E-state index contributed by atoms with van der Waals surface area (Å²) in [6.45, 7) is 0. The maximum Gasteiger partial charge on any atom is 0.305 e. The second kappa shape index (κ2) is 8.53. The van der Waals surface area contributed by atoms with Gasteiger partial charge in [-0.05, 0) is 17.2 Å². The number of benzene rings is 1. The third-order valence-electron chi connectivity index (χ3n) is 2.69. The Balaban J connectivity index is 0.00000180. The number of carbonyl (C=O) groups is 1. The Bertz CT molecular complexity index is 550. The molecule has 1 aromatic carbocycles. The Hall–Kier alpha value is -1.62. The number of pyridine rings is 1. The van der Waals surface area contributed by atoms with E-state index in [9.17, 15) is 4.79 Å². The number of aromatic nitrogens is 1. The van der Waals surface area contributed by atoms with Gasteiger partial charge in [-0.3, -0.25) is 9.78 Å². The van der Waals surface area contributed by atoms with Crippen molar-refractivity contribution in [2.24, 2.45) is 5.73 Å². The van der Waals surface area contributed by atoms with Crippen molar-refractivity contribution in [1.82, 2.24) is 4.98 Å². The number of hydrogen-bond acceptors (Lipinski definition) is 3. The van der Waals surface area contributed by atoms with Crippen molar-refractivity contribution in [3.63, 3.8) is 0 Å². The van der Waals surface area contributed by atoms with Crippen LogP contribution in [-0.4, -0.2) is 16.1 Å². The minimum atomic E-state index is -0.910. The molecule has 20 heavy (non-hydrogen) atoms. The lowest BCUT2D eigenvalue weighted by atomic mass is 10.0. The van der Waals surface area contributed by atoms with Crippen LogP contribution in [0.4, 0.5) is 0 Å². The van der Waals surface area contributed by atoms with Gasteiger partial charge in [0.25, 0.3) is 0 Å². The lowest BCUT2D eigenvalue weighted by molar-refractivity contribution is -0.137. The van der Waals surface area contributed by atoms with E-state index in [4.69, 9.17) is 10.8 Å². The largest absolute Gasteiger partial charge is 0.481 e. The summed E-state index contributed by atoms with van der Waals surface area (Å²) in [4.78, 5) is 14.8. The summed E-state index contributed by atoms with van der Waals surface area (Å²) in [7, 11) is 0. The van der Waals surface area contributed by atoms with Gasteiger partial charge in [0.15, 0.2) is 0 Å². The normalized spacial score (nSPS) is 10.8. The Morgan fingerprint density at radius 1 is 1.15 bits per heavy atom. The van der Waals surface area contributed by atoms with Crippen LogP contribution in [0.5, 0.6) is 0 Å². The highest BCUT2D eigenvalue weighted by Crippen LogP contribution is 2.22. The van der Waals surface area contributed by atoms with Crippen LogP contribution in [0, 0.1) is 0 Å². The molecule has 1 atom stereocenters. The molecule has 1 aromatic heterocycles. The summed E-state index contributed by atoms with van der Waals surface area (Å²) in [5.41, 5.74) is 8.53. The molecule has 0 saturated heterocycles. The summed E-state index contributed by atoms with van der Waals surface area (Å²) >= 11 is 0. The summed E-state index contributed by atoms with van der Waals surface area (Å²) in [6, 6.07) is 11.1. The van der Waals surface area contributed by atoms with Crippen LogP contribution in [0.25, 0.3) is 11.1 Å². The lowest BCUT2D eigenvalue weighted by Crippen LogP contribution is -2.15. The molecule has 0 aliphatic heterocycles. The third-order valence-corrected chi connectivity index (χ3v) is 2.69. The fourth-order valence-corrected chi connectivity index (χ4v) is 1.75. The van der Waals surface area contributed by atoms with E-state index in [1.165, 1.54) is 0 Å². The Kier molecular flexibility index (Phi) is 7.84. The summed E-state index contributed by atoms with van der Waals surface area (Å²) in [6.07, 6.45) is 3.26. The van der Waals surface area contributed by atoms with E-state index in [1.54, 1.807) is 12.4 Å². The van der Waals surface area contributed by atoms with Crippen molar-refractivity contribution in [1.29, 1.82) is 0 Å². The van der Waals surface area contributed by atoms with Crippen LogP contribution in [-0.2, 0) is 4.79 Å². The number of aliphatic carboxylic acids is 1. The van der Waals surface area contributed by atoms with Gasteiger partial charge in [-0.15, -0.1) is 24.8 Å². The highest BCUT2D eigenvalue weighted by molar-refractivity contribution is 5.85. The zero-order valence-corrected chi connectivity index (χ0v) is 12.2. The minimum Gasteiger partial charge on any atom is -0.481 e. The standard InChI is InChI=1S/C14H14N2O2.2ClH/c15-13(7-14(17)18)12-6-11(8-16-9-12)10-4-2-1-3-5-10;;/h1-6,8-9,13H,7,15H2,(H,17,18);2*1H/t13-;;/m0../s1. The van der Waals surface area contributed by atoms with Crippen molar-refractivity contribution in [2.45, 2.75) is 12.5 Å². The van der Waals surface area contributed by atoms with E-state index in [0.717, 1.165) is 16.7 Å². The first kappa shape index (κ1) is 18.4. The van der Waals surface area contributed by atoms with Gasteiger partial charge in [0, 0.05) is 24.0 Å². The van der Waals surface area contributed by atoms with E-state index >= 15 is 0 Å². The topological polar surface area (TPSA) is 76.2 Å². The number of rotatable bonds is 4. The monoisotopic (exact) mass is 314 g/mol. The van der Waals surface area contributed by atoms with Crippen molar-refractivity contribution < 1.29 is 9.90 Å².